The fourth-order valence-electron chi connectivity index (χ4n) is 2.56. The molecule has 0 saturated carbocycles. The Morgan fingerprint density at radius 2 is 1.19 bits per heavy atom. The van der Waals surface area contributed by atoms with E-state index in [1.54, 1.807) is 30.5 Å². The molecule has 0 radical (unpaired) electrons. The zero-order valence-corrected chi connectivity index (χ0v) is 17.9. The van der Waals surface area contributed by atoms with Crippen molar-refractivity contribution in [2.24, 2.45) is 0 Å². The van der Waals surface area contributed by atoms with Gasteiger partial charge in [-0.25, -0.2) is 0 Å². The van der Waals surface area contributed by atoms with Crippen molar-refractivity contribution >= 4 is 69.6 Å². The summed E-state index contributed by atoms with van der Waals surface area (Å²) in [5.74, 6) is 0. The van der Waals surface area contributed by atoms with Gasteiger partial charge in [0.2, 0.25) is 0 Å². The summed E-state index contributed by atoms with van der Waals surface area (Å²) in [6, 6.07) is 10.3. The zero-order chi connectivity index (χ0) is 19.7. The van der Waals surface area contributed by atoms with Crippen LogP contribution in [0.3, 0.4) is 0 Å². The molecule has 0 fully saturated rings. The average molecular weight is 477 g/mol. The standard InChI is InChI=1S/C19H8Cl6N2/c20-13-6-17(24)15(22)4-10(13)9-3-12(19(1-2-26)27-8-9)11-5-16(23)18(25)7-14(11)21/h3-8H,1H2. The number of nitrogens with zero attached hydrogens (tertiary/aromatic N) is 2. The molecule has 0 atom stereocenters. The highest BCUT2D eigenvalue weighted by molar-refractivity contribution is 6.44. The number of hydrogen-bond donors (Lipinski definition) is 0. The molecule has 1 heterocycles. The molecular weight excluding hydrogens is 469 g/mol. The van der Waals surface area contributed by atoms with E-state index in [9.17, 15) is 0 Å². The minimum absolute atomic E-state index is 0.0985. The topological polar surface area (TPSA) is 36.7 Å². The molecule has 3 rings (SSSR count). The van der Waals surface area contributed by atoms with Crippen LogP contribution in [-0.2, 0) is 6.42 Å². The number of aromatic nitrogens is 1. The first kappa shape index (κ1) is 20.6. The van der Waals surface area contributed by atoms with Gasteiger partial charge in [0.25, 0.3) is 0 Å². The van der Waals surface area contributed by atoms with Crippen molar-refractivity contribution in [1.82, 2.24) is 4.98 Å². The molecule has 0 aliphatic carbocycles. The first-order valence-corrected chi connectivity index (χ1v) is 9.74. The molecule has 136 valence electrons. The number of benzene rings is 2. The van der Waals surface area contributed by atoms with Gasteiger partial charge in [-0.3, -0.25) is 4.98 Å². The smallest absolute Gasteiger partial charge is 0.0781 e. The van der Waals surface area contributed by atoms with Crippen LogP contribution in [0.2, 0.25) is 30.1 Å². The lowest BCUT2D eigenvalue weighted by Crippen LogP contribution is -1.96. The van der Waals surface area contributed by atoms with Gasteiger partial charge >= 0.3 is 0 Å². The van der Waals surface area contributed by atoms with Gasteiger partial charge < -0.3 is 0 Å². The monoisotopic (exact) mass is 474 g/mol. The minimum atomic E-state index is 0.0985. The number of pyridine rings is 1. The SMILES string of the molecule is N#CCc1ncc(-c2cc(Cl)c(Cl)cc2Cl)cc1-c1cc(Cl)c(Cl)cc1Cl. The van der Waals surface area contributed by atoms with Gasteiger partial charge in [0.05, 0.1) is 48.3 Å². The fraction of sp³-hybridized carbons (Fsp3) is 0.0526. The van der Waals surface area contributed by atoms with E-state index in [4.69, 9.17) is 74.9 Å². The van der Waals surface area contributed by atoms with Crippen LogP contribution in [0.25, 0.3) is 22.3 Å². The lowest BCUT2D eigenvalue weighted by Gasteiger charge is -2.13. The Morgan fingerprint density at radius 3 is 1.78 bits per heavy atom. The van der Waals surface area contributed by atoms with Crippen molar-refractivity contribution in [2.45, 2.75) is 6.42 Å². The summed E-state index contributed by atoms with van der Waals surface area (Å²) in [4.78, 5) is 4.42. The van der Waals surface area contributed by atoms with E-state index in [0.29, 0.717) is 58.1 Å². The maximum atomic E-state index is 9.13. The molecule has 0 aliphatic rings. The number of hydrogen-bond acceptors (Lipinski definition) is 2. The third-order valence-electron chi connectivity index (χ3n) is 3.84. The lowest BCUT2D eigenvalue weighted by atomic mass is 9.98. The third-order valence-corrected chi connectivity index (χ3v) is 5.91. The largest absolute Gasteiger partial charge is 0.259 e. The molecule has 27 heavy (non-hydrogen) atoms. The highest BCUT2D eigenvalue weighted by atomic mass is 35.5. The Bertz CT molecular complexity index is 1090. The van der Waals surface area contributed by atoms with E-state index in [1.807, 2.05) is 6.07 Å². The maximum absolute atomic E-state index is 9.13. The van der Waals surface area contributed by atoms with Gasteiger partial charge in [-0.05, 0) is 30.3 Å². The first-order valence-electron chi connectivity index (χ1n) is 7.47. The Morgan fingerprint density at radius 1 is 0.667 bits per heavy atom. The zero-order valence-electron chi connectivity index (χ0n) is 13.3. The second kappa shape index (κ2) is 8.45. The summed E-state index contributed by atoms with van der Waals surface area (Å²) >= 11 is 37.0. The van der Waals surface area contributed by atoms with E-state index in [-0.39, 0.29) is 6.42 Å². The van der Waals surface area contributed by atoms with Gasteiger partial charge in [0.15, 0.2) is 0 Å². The van der Waals surface area contributed by atoms with Gasteiger partial charge in [0, 0.05) is 28.5 Å². The van der Waals surface area contributed by atoms with Gasteiger partial charge in [-0.2, -0.15) is 5.26 Å². The molecule has 0 spiro atoms. The van der Waals surface area contributed by atoms with Crippen LogP contribution in [0.4, 0.5) is 0 Å². The van der Waals surface area contributed by atoms with Crippen LogP contribution in [0.5, 0.6) is 0 Å². The van der Waals surface area contributed by atoms with Crippen molar-refractivity contribution < 1.29 is 0 Å². The van der Waals surface area contributed by atoms with Crippen LogP contribution in [0.15, 0.2) is 36.5 Å². The number of nitriles is 1. The molecule has 0 saturated heterocycles. The van der Waals surface area contributed by atoms with E-state index in [1.165, 1.54) is 0 Å². The van der Waals surface area contributed by atoms with Crippen molar-refractivity contribution in [2.75, 3.05) is 0 Å². The maximum Gasteiger partial charge on any atom is 0.0781 e. The second-order valence-electron chi connectivity index (χ2n) is 5.55. The predicted molar refractivity (Wildman–Crippen MR) is 114 cm³/mol. The quantitative estimate of drug-likeness (QED) is 0.356. The number of rotatable bonds is 3. The summed E-state index contributed by atoms with van der Waals surface area (Å²) in [5.41, 5.74) is 3.16. The van der Waals surface area contributed by atoms with E-state index >= 15 is 0 Å². The minimum Gasteiger partial charge on any atom is -0.259 e. The molecule has 0 N–H and O–H groups in total. The van der Waals surface area contributed by atoms with Gasteiger partial charge in [-0.15, -0.1) is 0 Å². The van der Waals surface area contributed by atoms with Crippen molar-refractivity contribution in [3.05, 3.63) is 72.4 Å². The second-order valence-corrected chi connectivity index (χ2v) is 7.99. The predicted octanol–water partition coefficient (Wildman–Crippen LogP) is 8.40. The summed E-state index contributed by atoms with van der Waals surface area (Å²) in [6.45, 7) is 0. The highest BCUT2D eigenvalue weighted by Crippen LogP contribution is 2.40. The van der Waals surface area contributed by atoms with Crippen LogP contribution in [0.1, 0.15) is 5.69 Å². The molecule has 1 aromatic heterocycles. The first-order chi connectivity index (χ1) is 12.8. The summed E-state index contributed by atoms with van der Waals surface area (Å²) in [5, 5.41) is 11.3. The molecule has 2 nitrogen and oxygen atoms in total. The molecule has 0 unspecified atom stereocenters. The van der Waals surface area contributed by atoms with Crippen molar-refractivity contribution in [3.63, 3.8) is 0 Å². The summed E-state index contributed by atoms with van der Waals surface area (Å²) in [6.07, 6.45) is 1.72. The van der Waals surface area contributed by atoms with Gasteiger partial charge in [-0.1, -0.05) is 69.6 Å². The van der Waals surface area contributed by atoms with Crippen LogP contribution in [-0.4, -0.2) is 4.98 Å². The van der Waals surface area contributed by atoms with Crippen LogP contribution in [0, 0.1) is 11.3 Å². The summed E-state index contributed by atoms with van der Waals surface area (Å²) < 4.78 is 0. The Balaban J connectivity index is 2.25. The molecular formula is C19H8Cl6N2. The normalized spacial score (nSPS) is 10.7. The lowest BCUT2D eigenvalue weighted by molar-refractivity contribution is 1.12. The molecule has 0 aliphatic heterocycles. The Hall–Kier alpha value is -1.18. The van der Waals surface area contributed by atoms with Crippen molar-refractivity contribution in [1.29, 1.82) is 5.26 Å². The van der Waals surface area contributed by atoms with E-state index < -0.39 is 0 Å². The molecule has 8 heteroatoms. The van der Waals surface area contributed by atoms with Crippen molar-refractivity contribution in [3.8, 4) is 28.3 Å². The Labute approximate surface area is 186 Å². The van der Waals surface area contributed by atoms with Crippen LogP contribution >= 0.6 is 69.6 Å². The molecule has 0 bridgehead atoms. The third kappa shape index (κ3) is 4.30. The molecule has 3 aromatic rings. The van der Waals surface area contributed by atoms with Crippen LogP contribution < -0.4 is 0 Å². The van der Waals surface area contributed by atoms with Gasteiger partial charge in [0.1, 0.15) is 0 Å². The number of halogens is 6. The van der Waals surface area contributed by atoms with E-state index in [0.717, 1.165) is 0 Å². The Kier molecular flexibility index (Phi) is 6.43. The average Bonchev–Trinajstić information content (AvgIpc) is 2.62. The fourth-order valence-corrected chi connectivity index (χ4v) is 3.87. The highest BCUT2D eigenvalue weighted by Gasteiger charge is 2.16. The molecule has 2 aromatic carbocycles. The molecule has 0 amide bonds. The summed E-state index contributed by atoms with van der Waals surface area (Å²) in [7, 11) is 0. The van der Waals surface area contributed by atoms with E-state index in [2.05, 4.69) is 11.1 Å².